The van der Waals surface area contributed by atoms with E-state index in [9.17, 15) is 30.7 Å². The van der Waals surface area contributed by atoms with E-state index in [1.54, 1.807) is 19.1 Å². The molecule has 0 nitrogen and oxygen atoms in total. The molecule has 0 aliphatic rings. The molecular formula is C18H15F7. The number of hydrogen-bond donors (Lipinski definition) is 0. The summed E-state index contributed by atoms with van der Waals surface area (Å²) in [6, 6.07) is 8.04. The minimum Gasteiger partial charge on any atom is -0.218 e. The van der Waals surface area contributed by atoms with Crippen LogP contribution in [0.3, 0.4) is 0 Å². The number of rotatable bonds is 2. The van der Waals surface area contributed by atoms with E-state index in [2.05, 4.69) is 0 Å². The van der Waals surface area contributed by atoms with E-state index in [1.807, 2.05) is 0 Å². The molecule has 0 heterocycles. The number of halogens is 7. The summed E-state index contributed by atoms with van der Waals surface area (Å²) in [7, 11) is 0. The van der Waals surface area contributed by atoms with Crippen molar-refractivity contribution in [1.82, 2.24) is 0 Å². The van der Waals surface area contributed by atoms with E-state index in [1.165, 1.54) is 32.0 Å². The summed E-state index contributed by atoms with van der Waals surface area (Å²) in [6.45, 7) is 4.23. The number of aryl methyl sites for hydroxylation is 3. The third-order valence-electron chi connectivity index (χ3n) is 4.05. The zero-order valence-electron chi connectivity index (χ0n) is 13.6. The van der Waals surface area contributed by atoms with Crippen molar-refractivity contribution in [1.29, 1.82) is 0 Å². The molecule has 0 bridgehead atoms. The van der Waals surface area contributed by atoms with Gasteiger partial charge in [-0.05, 0) is 43.0 Å². The molecule has 0 aromatic heterocycles. The Kier molecular flexibility index (Phi) is 4.65. The van der Waals surface area contributed by atoms with Gasteiger partial charge in [0.1, 0.15) is 0 Å². The Morgan fingerprint density at radius 2 is 1.20 bits per heavy atom. The highest BCUT2D eigenvalue weighted by atomic mass is 19.4. The van der Waals surface area contributed by atoms with Gasteiger partial charge in [0.15, 0.2) is 0 Å². The van der Waals surface area contributed by atoms with Crippen LogP contribution >= 0.6 is 0 Å². The van der Waals surface area contributed by atoms with Crippen LogP contribution in [0.5, 0.6) is 0 Å². The Morgan fingerprint density at radius 3 is 1.68 bits per heavy atom. The topological polar surface area (TPSA) is 0 Å². The van der Waals surface area contributed by atoms with Gasteiger partial charge in [0.2, 0.25) is 0 Å². The zero-order valence-corrected chi connectivity index (χ0v) is 13.6. The molecule has 0 aliphatic carbocycles. The molecule has 0 amide bonds. The van der Waals surface area contributed by atoms with E-state index in [-0.39, 0.29) is 22.3 Å². The predicted molar refractivity (Wildman–Crippen MR) is 81.0 cm³/mol. The summed E-state index contributed by atoms with van der Waals surface area (Å²) in [5.41, 5.74) is -6.46. The first-order valence-corrected chi connectivity index (χ1v) is 7.30. The van der Waals surface area contributed by atoms with E-state index in [0.717, 1.165) is 0 Å². The third kappa shape index (κ3) is 3.12. The maximum Gasteiger partial charge on any atom is 0.435 e. The Labute approximate surface area is 140 Å². The largest absolute Gasteiger partial charge is 0.435 e. The smallest absolute Gasteiger partial charge is 0.218 e. The van der Waals surface area contributed by atoms with Crippen molar-refractivity contribution in [2.24, 2.45) is 0 Å². The van der Waals surface area contributed by atoms with Crippen LogP contribution < -0.4 is 0 Å². The van der Waals surface area contributed by atoms with Crippen LogP contribution in [0.15, 0.2) is 36.4 Å². The van der Waals surface area contributed by atoms with Gasteiger partial charge in [-0.3, -0.25) is 0 Å². The molecule has 0 aliphatic heterocycles. The van der Waals surface area contributed by atoms with Gasteiger partial charge in [0.05, 0.1) is 0 Å². The Morgan fingerprint density at radius 1 is 0.680 bits per heavy atom. The van der Waals surface area contributed by atoms with E-state index in [4.69, 9.17) is 0 Å². The summed E-state index contributed by atoms with van der Waals surface area (Å²) in [5, 5.41) is 0. The zero-order chi connectivity index (χ0) is 19.2. The van der Waals surface area contributed by atoms with E-state index < -0.39 is 23.6 Å². The molecule has 2 aromatic carbocycles. The average Bonchev–Trinajstić information content (AvgIpc) is 2.44. The molecule has 0 radical (unpaired) electrons. The van der Waals surface area contributed by atoms with Crippen LogP contribution in [0.4, 0.5) is 30.7 Å². The number of benzene rings is 2. The van der Waals surface area contributed by atoms with E-state index in [0.29, 0.717) is 11.6 Å². The van der Waals surface area contributed by atoms with Gasteiger partial charge in [-0.2, -0.15) is 26.3 Å². The van der Waals surface area contributed by atoms with Gasteiger partial charge in [-0.15, -0.1) is 0 Å². The summed E-state index contributed by atoms with van der Waals surface area (Å²) in [4.78, 5) is 0. The lowest BCUT2D eigenvalue weighted by molar-refractivity contribution is -0.348. The van der Waals surface area contributed by atoms with Crippen molar-refractivity contribution in [3.8, 4) is 11.1 Å². The number of hydrogen-bond acceptors (Lipinski definition) is 0. The first kappa shape index (κ1) is 19.3. The maximum absolute atomic E-state index is 14.7. The van der Waals surface area contributed by atoms with Crippen LogP contribution in [0.2, 0.25) is 0 Å². The summed E-state index contributed by atoms with van der Waals surface area (Å²) in [6.07, 6.45) is -12.3. The molecule has 7 heteroatoms. The minimum absolute atomic E-state index is 0.111. The van der Waals surface area contributed by atoms with Crippen molar-refractivity contribution in [3.63, 3.8) is 0 Å². The van der Waals surface area contributed by atoms with Gasteiger partial charge in [-0.25, -0.2) is 4.39 Å². The highest BCUT2D eigenvalue weighted by molar-refractivity contribution is 5.75. The van der Waals surface area contributed by atoms with Crippen LogP contribution in [0, 0.1) is 20.8 Å². The third-order valence-corrected chi connectivity index (χ3v) is 4.05. The molecule has 2 aromatic rings. The molecule has 0 fully saturated rings. The second kappa shape index (κ2) is 6.04. The SMILES string of the molecule is Cc1cc(C)c(-c2ccccc2C)c(C(F)(C(F)(F)F)C(F)(F)F)c1. The van der Waals surface area contributed by atoms with Gasteiger partial charge in [-0.1, -0.05) is 42.0 Å². The second-order valence-electron chi connectivity index (χ2n) is 5.97. The maximum atomic E-state index is 14.7. The summed E-state index contributed by atoms with van der Waals surface area (Å²) in [5.74, 6) is 0. The quantitative estimate of drug-likeness (QED) is 0.529. The highest BCUT2D eigenvalue weighted by Gasteiger charge is 2.74. The first-order valence-electron chi connectivity index (χ1n) is 7.30. The van der Waals surface area contributed by atoms with Gasteiger partial charge in [0, 0.05) is 5.56 Å². The minimum atomic E-state index is -6.15. The Balaban J connectivity index is 2.97. The lowest BCUT2D eigenvalue weighted by Crippen LogP contribution is -2.50. The van der Waals surface area contributed by atoms with Crippen molar-refractivity contribution < 1.29 is 30.7 Å². The number of alkyl halides is 7. The Hall–Kier alpha value is -2.05. The lowest BCUT2D eigenvalue weighted by Gasteiger charge is -2.33. The first-order chi connectivity index (χ1) is 11.3. The monoisotopic (exact) mass is 364 g/mol. The highest BCUT2D eigenvalue weighted by Crippen LogP contribution is 2.56. The van der Waals surface area contributed by atoms with Crippen molar-refractivity contribution in [2.75, 3.05) is 0 Å². The second-order valence-corrected chi connectivity index (χ2v) is 5.97. The molecule has 0 saturated carbocycles. The van der Waals surface area contributed by atoms with Crippen molar-refractivity contribution in [3.05, 3.63) is 58.7 Å². The van der Waals surface area contributed by atoms with Gasteiger partial charge < -0.3 is 0 Å². The molecule has 136 valence electrons. The molecule has 0 saturated heterocycles. The van der Waals surface area contributed by atoms with E-state index >= 15 is 0 Å². The van der Waals surface area contributed by atoms with Gasteiger partial charge in [0.25, 0.3) is 0 Å². The molecule has 0 spiro atoms. The molecular weight excluding hydrogens is 349 g/mol. The van der Waals surface area contributed by atoms with Gasteiger partial charge >= 0.3 is 18.0 Å². The predicted octanol–water partition coefficient (Wildman–Crippen LogP) is 6.57. The molecule has 0 atom stereocenters. The fraction of sp³-hybridized carbons (Fsp3) is 0.333. The Bertz CT molecular complexity index is 771. The van der Waals surface area contributed by atoms with Crippen LogP contribution in [0.1, 0.15) is 22.3 Å². The normalized spacial score (nSPS) is 13.2. The average molecular weight is 364 g/mol. The molecule has 0 unspecified atom stereocenters. The molecule has 25 heavy (non-hydrogen) atoms. The summed E-state index contributed by atoms with van der Waals surface area (Å²) < 4.78 is 94.2. The van der Waals surface area contributed by atoms with Crippen LogP contribution in [-0.2, 0) is 5.67 Å². The lowest BCUT2D eigenvalue weighted by atomic mass is 9.82. The van der Waals surface area contributed by atoms with Crippen LogP contribution in [0.25, 0.3) is 11.1 Å². The van der Waals surface area contributed by atoms with Crippen molar-refractivity contribution >= 4 is 0 Å². The van der Waals surface area contributed by atoms with Crippen molar-refractivity contribution in [2.45, 2.75) is 38.8 Å². The molecule has 0 N–H and O–H groups in total. The van der Waals surface area contributed by atoms with Crippen LogP contribution in [-0.4, -0.2) is 12.4 Å². The standard InChI is InChI=1S/C18H15F7/c1-10-8-12(3)15(13-7-5-4-6-11(13)2)14(9-10)16(19,17(20,21)22)18(23,24)25/h4-9H,1-3H3. The fourth-order valence-electron chi connectivity index (χ4n) is 2.92. The fourth-order valence-corrected chi connectivity index (χ4v) is 2.92. The summed E-state index contributed by atoms with van der Waals surface area (Å²) >= 11 is 0. The molecule has 2 rings (SSSR count).